The second-order valence-corrected chi connectivity index (χ2v) is 9.39. The molecule has 1 aromatic heterocycles. The number of methoxy groups -OCH3 is 1. The molecule has 148 valence electrons. The minimum Gasteiger partial charge on any atom is -0.496 e. The number of sulfone groups is 1. The van der Waals surface area contributed by atoms with Gasteiger partial charge in [0.1, 0.15) is 5.75 Å². The van der Waals surface area contributed by atoms with Crippen LogP contribution >= 0.6 is 23.7 Å². The average molecular weight is 432 g/mol. The number of ether oxygens (including phenoxy) is 1. The maximum absolute atomic E-state index is 12.8. The highest BCUT2D eigenvalue weighted by atomic mass is 35.5. The molecule has 0 bridgehead atoms. The number of nitrogens with one attached hydrogen (secondary N) is 2. The second-order valence-electron chi connectivity index (χ2n) is 6.21. The molecule has 2 heterocycles. The van der Waals surface area contributed by atoms with Gasteiger partial charge in [-0.2, -0.15) is 0 Å². The van der Waals surface area contributed by atoms with E-state index >= 15 is 0 Å². The Bertz CT molecular complexity index is 908. The highest BCUT2D eigenvalue weighted by Crippen LogP contribution is 2.33. The number of piperidine rings is 1. The number of para-hydroxylation sites is 1. The smallest absolute Gasteiger partial charge is 0.247 e. The third-order valence-electron chi connectivity index (χ3n) is 4.64. The van der Waals surface area contributed by atoms with Crippen LogP contribution in [0, 0.1) is 0 Å². The zero-order valence-corrected chi connectivity index (χ0v) is 17.5. The molecule has 2 aromatic rings. The number of halogens is 1. The summed E-state index contributed by atoms with van der Waals surface area (Å²) in [5.74, 6) is 0.170. The van der Waals surface area contributed by atoms with E-state index in [-0.39, 0.29) is 25.2 Å². The molecule has 1 aliphatic rings. The van der Waals surface area contributed by atoms with E-state index in [0.717, 1.165) is 11.8 Å². The molecule has 1 aromatic carbocycles. The molecular formula is C17H22ClN3O4S2. The van der Waals surface area contributed by atoms with Gasteiger partial charge in [0.05, 0.1) is 12.8 Å². The summed E-state index contributed by atoms with van der Waals surface area (Å²) in [6, 6.07) is 7.46. The molecule has 0 atom stereocenters. The number of nitrogens with zero attached hydrogens (tertiary/aromatic N) is 1. The van der Waals surface area contributed by atoms with E-state index in [2.05, 4.69) is 15.6 Å². The molecule has 0 spiro atoms. The number of benzene rings is 1. The van der Waals surface area contributed by atoms with Crippen molar-refractivity contribution in [3.05, 3.63) is 29.6 Å². The fourth-order valence-electron chi connectivity index (χ4n) is 3.12. The van der Waals surface area contributed by atoms with Crippen molar-refractivity contribution in [2.45, 2.75) is 17.6 Å². The SMILES string of the molecule is COc1ccccc1-c1csc(NC(=O)C2(S(C)(=O)=O)CCNCC2)n1.Cl. The van der Waals surface area contributed by atoms with Crippen LogP contribution < -0.4 is 15.4 Å². The first kappa shape index (κ1) is 21.6. The zero-order chi connectivity index (χ0) is 18.8. The molecule has 7 nitrogen and oxygen atoms in total. The predicted molar refractivity (Wildman–Crippen MR) is 110 cm³/mol. The highest BCUT2D eigenvalue weighted by molar-refractivity contribution is 7.92. The maximum Gasteiger partial charge on any atom is 0.247 e. The van der Waals surface area contributed by atoms with Gasteiger partial charge in [-0.3, -0.25) is 4.79 Å². The van der Waals surface area contributed by atoms with Crippen LogP contribution in [0.4, 0.5) is 5.13 Å². The third-order valence-corrected chi connectivity index (χ3v) is 7.41. The van der Waals surface area contributed by atoms with Crippen LogP contribution in [0.25, 0.3) is 11.3 Å². The number of hydrogen-bond acceptors (Lipinski definition) is 7. The molecule has 0 unspecified atom stereocenters. The number of amides is 1. The number of aromatic nitrogens is 1. The Morgan fingerprint density at radius 2 is 1.96 bits per heavy atom. The van der Waals surface area contributed by atoms with Crippen molar-refractivity contribution < 1.29 is 17.9 Å². The Hall–Kier alpha value is -1.68. The molecule has 1 amide bonds. The summed E-state index contributed by atoms with van der Waals surface area (Å²) in [4.78, 5) is 17.3. The maximum atomic E-state index is 12.8. The first-order valence-electron chi connectivity index (χ1n) is 8.18. The van der Waals surface area contributed by atoms with E-state index in [1.165, 1.54) is 11.3 Å². The van der Waals surface area contributed by atoms with Crippen LogP contribution in [0.3, 0.4) is 0 Å². The van der Waals surface area contributed by atoms with Crippen LogP contribution in [-0.2, 0) is 14.6 Å². The Balaban J connectivity index is 0.00000261. The number of thiazole rings is 1. The number of carbonyl (C=O) groups excluding carboxylic acids is 1. The van der Waals surface area contributed by atoms with Gasteiger partial charge < -0.3 is 15.4 Å². The summed E-state index contributed by atoms with van der Waals surface area (Å²) in [6.45, 7) is 0.982. The molecule has 0 aliphatic carbocycles. The Morgan fingerprint density at radius 1 is 1.30 bits per heavy atom. The summed E-state index contributed by atoms with van der Waals surface area (Å²) in [5.41, 5.74) is 1.48. The average Bonchev–Trinajstić information content (AvgIpc) is 3.09. The van der Waals surface area contributed by atoms with Gasteiger partial charge >= 0.3 is 0 Å². The van der Waals surface area contributed by atoms with Gasteiger partial charge in [0, 0.05) is 17.2 Å². The van der Waals surface area contributed by atoms with Gasteiger partial charge in [-0.1, -0.05) is 12.1 Å². The molecule has 0 saturated carbocycles. The topological polar surface area (TPSA) is 97.4 Å². The lowest BCUT2D eigenvalue weighted by Crippen LogP contribution is -2.55. The largest absolute Gasteiger partial charge is 0.496 e. The summed E-state index contributed by atoms with van der Waals surface area (Å²) >= 11 is 1.26. The molecular weight excluding hydrogens is 410 g/mol. The van der Waals surface area contributed by atoms with Crippen LogP contribution in [0.2, 0.25) is 0 Å². The predicted octanol–water partition coefficient (Wildman–Crippen LogP) is 2.35. The van der Waals surface area contributed by atoms with Gasteiger partial charge in [0.25, 0.3) is 0 Å². The molecule has 1 fully saturated rings. The molecule has 27 heavy (non-hydrogen) atoms. The number of hydrogen-bond donors (Lipinski definition) is 2. The molecule has 1 aliphatic heterocycles. The minimum absolute atomic E-state index is 0. The van der Waals surface area contributed by atoms with Crippen LogP contribution in [0.1, 0.15) is 12.8 Å². The first-order valence-corrected chi connectivity index (χ1v) is 11.0. The normalized spacial score (nSPS) is 16.2. The number of carbonyl (C=O) groups is 1. The summed E-state index contributed by atoms with van der Waals surface area (Å²) < 4.78 is 28.6. The second kappa shape index (κ2) is 8.55. The van der Waals surface area contributed by atoms with Crippen LogP contribution in [0.15, 0.2) is 29.6 Å². The highest BCUT2D eigenvalue weighted by Gasteiger charge is 2.48. The van der Waals surface area contributed by atoms with Crippen molar-refractivity contribution in [2.75, 3.05) is 31.8 Å². The van der Waals surface area contributed by atoms with Crippen molar-refractivity contribution in [3.63, 3.8) is 0 Å². The van der Waals surface area contributed by atoms with Crippen molar-refractivity contribution in [1.82, 2.24) is 10.3 Å². The van der Waals surface area contributed by atoms with Crippen molar-refractivity contribution >= 4 is 44.6 Å². The van der Waals surface area contributed by atoms with Crippen molar-refractivity contribution in [1.29, 1.82) is 0 Å². The fraction of sp³-hybridized carbons (Fsp3) is 0.412. The van der Waals surface area contributed by atoms with Crippen molar-refractivity contribution in [2.24, 2.45) is 0 Å². The van der Waals surface area contributed by atoms with Gasteiger partial charge in [0.2, 0.25) is 5.91 Å². The van der Waals surface area contributed by atoms with Gasteiger partial charge in [-0.15, -0.1) is 23.7 Å². The summed E-state index contributed by atoms with van der Waals surface area (Å²) in [6.07, 6.45) is 1.63. The van der Waals surface area contributed by atoms with Gasteiger partial charge in [0.15, 0.2) is 19.7 Å². The molecule has 3 rings (SSSR count). The molecule has 0 radical (unpaired) electrons. The molecule has 2 N–H and O–H groups in total. The van der Waals surface area contributed by atoms with E-state index in [0.29, 0.717) is 29.7 Å². The zero-order valence-electron chi connectivity index (χ0n) is 15.0. The first-order chi connectivity index (χ1) is 12.4. The van der Waals surface area contributed by atoms with E-state index in [1.807, 2.05) is 29.6 Å². The number of anilines is 1. The number of rotatable bonds is 5. The third kappa shape index (κ3) is 4.26. The lowest BCUT2D eigenvalue weighted by atomic mass is 9.96. The van der Waals surface area contributed by atoms with E-state index < -0.39 is 20.5 Å². The van der Waals surface area contributed by atoms with Gasteiger partial charge in [-0.25, -0.2) is 13.4 Å². The fourth-order valence-corrected chi connectivity index (χ4v) is 5.16. The minimum atomic E-state index is -3.56. The summed E-state index contributed by atoms with van der Waals surface area (Å²) in [5, 5.41) is 7.99. The standard InChI is InChI=1S/C17H21N3O4S2.ClH/c1-24-14-6-4-3-5-12(14)13-11-25-16(19-13)20-15(21)17(26(2,22)23)7-9-18-10-8-17;/h3-6,11,18H,7-10H2,1-2H3,(H,19,20,21);1H. The van der Waals surface area contributed by atoms with E-state index in [9.17, 15) is 13.2 Å². The van der Waals surface area contributed by atoms with Crippen LogP contribution in [-0.4, -0.2) is 50.5 Å². The Labute approximate surface area is 168 Å². The molecule has 1 saturated heterocycles. The Morgan fingerprint density at radius 3 is 2.59 bits per heavy atom. The Kier molecular flexibility index (Phi) is 6.85. The van der Waals surface area contributed by atoms with Crippen molar-refractivity contribution in [3.8, 4) is 17.0 Å². The quantitative estimate of drug-likeness (QED) is 0.754. The lowest BCUT2D eigenvalue weighted by Gasteiger charge is -2.33. The van der Waals surface area contributed by atoms with E-state index in [1.54, 1.807) is 7.11 Å². The molecule has 10 heteroatoms. The van der Waals surface area contributed by atoms with E-state index in [4.69, 9.17) is 4.74 Å². The monoisotopic (exact) mass is 431 g/mol. The summed E-state index contributed by atoms with van der Waals surface area (Å²) in [7, 11) is -1.97. The van der Waals surface area contributed by atoms with Crippen LogP contribution in [0.5, 0.6) is 5.75 Å². The lowest BCUT2D eigenvalue weighted by molar-refractivity contribution is -0.119. The van der Waals surface area contributed by atoms with Gasteiger partial charge in [-0.05, 0) is 38.1 Å².